The molecule has 1 aliphatic heterocycles. The van der Waals surface area contributed by atoms with Gasteiger partial charge in [0, 0.05) is 37.8 Å². The summed E-state index contributed by atoms with van der Waals surface area (Å²) in [6.07, 6.45) is 2.47. The van der Waals surface area contributed by atoms with Gasteiger partial charge in [-0.2, -0.15) is 0 Å². The van der Waals surface area contributed by atoms with Crippen molar-refractivity contribution in [1.29, 1.82) is 0 Å². The van der Waals surface area contributed by atoms with Crippen LogP contribution in [0.1, 0.15) is 69.6 Å². The first-order valence-corrected chi connectivity index (χ1v) is 18.2. The summed E-state index contributed by atoms with van der Waals surface area (Å²) in [5.41, 5.74) is 1.16. The standard InChI is InChI=1S/C34H45ClN6O8S/c1-33(2,3)23-17-26(30(46-7)27(18-23)39-50(8,44)45)38-31(42)22-10-11-25(35)28(16-22)47-29-19-24(36-21-37-29)20-40-12-9-13-41(15-14-40)49-32(43)48-34(4,5)6/h10-11,16-19,21,39H,9,12-15,20H2,1-8H3,(H,38,42). The molecule has 0 radical (unpaired) electrons. The van der Waals surface area contributed by atoms with Crippen LogP contribution < -0.4 is 19.5 Å². The van der Waals surface area contributed by atoms with Gasteiger partial charge >= 0.3 is 6.16 Å². The number of ether oxygens (including phenoxy) is 3. The Hall–Kier alpha value is -4.18. The summed E-state index contributed by atoms with van der Waals surface area (Å²) in [6.45, 7) is 14.2. The third kappa shape index (κ3) is 11.4. The van der Waals surface area contributed by atoms with Crippen LogP contribution in [0.15, 0.2) is 42.7 Å². The van der Waals surface area contributed by atoms with Gasteiger partial charge in [0.1, 0.15) is 17.7 Å². The zero-order valence-corrected chi connectivity index (χ0v) is 31.2. The SMILES string of the molecule is COc1c(NC(=O)c2ccc(Cl)c(Oc3cc(CN4CCCN(OC(=O)OC(C)(C)C)CC4)ncn3)c2)cc(C(C)(C)C)cc1NS(C)(=O)=O. The smallest absolute Gasteiger partial charge is 0.492 e. The van der Waals surface area contributed by atoms with E-state index in [0.717, 1.165) is 24.8 Å². The van der Waals surface area contributed by atoms with Crippen LogP contribution in [-0.2, 0) is 31.6 Å². The van der Waals surface area contributed by atoms with E-state index in [9.17, 15) is 18.0 Å². The van der Waals surface area contributed by atoms with Gasteiger partial charge in [-0.05, 0) is 75.0 Å². The van der Waals surface area contributed by atoms with E-state index in [1.54, 1.807) is 50.1 Å². The number of amides is 1. The maximum Gasteiger partial charge on any atom is 0.528 e. The number of hydrogen-bond donors (Lipinski definition) is 2. The van der Waals surface area contributed by atoms with E-state index in [2.05, 4.69) is 24.9 Å². The van der Waals surface area contributed by atoms with Crippen LogP contribution in [0.2, 0.25) is 5.02 Å². The number of methoxy groups -OCH3 is 1. The lowest BCUT2D eigenvalue weighted by atomic mass is 9.86. The second kappa shape index (κ2) is 15.8. The summed E-state index contributed by atoms with van der Waals surface area (Å²) >= 11 is 6.47. The first-order valence-electron chi connectivity index (χ1n) is 16.0. The third-order valence-electron chi connectivity index (χ3n) is 7.34. The number of aromatic nitrogens is 2. The minimum Gasteiger partial charge on any atom is -0.492 e. The van der Waals surface area contributed by atoms with Crippen molar-refractivity contribution < 1.29 is 37.1 Å². The number of anilines is 2. The van der Waals surface area contributed by atoms with E-state index < -0.39 is 27.7 Å². The number of rotatable bonds is 10. The summed E-state index contributed by atoms with van der Waals surface area (Å²) < 4.78 is 43.5. The summed E-state index contributed by atoms with van der Waals surface area (Å²) in [5.74, 6) is 0.0811. The number of nitrogens with one attached hydrogen (secondary N) is 2. The van der Waals surface area contributed by atoms with Gasteiger partial charge in [-0.3, -0.25) is 14.4 Å². The Morgan fingerprint density at radius 1 is 0.960 bits per heavy atom. The van der Waals surface area contributed by atoms with E-state index >= 15 is 0 Å². The Labute approximate surface area is 298 Å². The number of benzene rings is 2. The minimum absolute atomic E-state index is 0.156. The lowest BCUT2D eigenvalue weighted by Crippen LogP contribution is -2.35. The molecule has 3 aromatic rings. The van der Waals surface area contributed by atoms with Crippen molar-refractivity contribution in [3.63, 3.8) is 0 Å². The fraction of sp³-hybridized carbons (Fsp3) is 0.471. The van der Waals surface area contributed by atoms with E-state index in [1.807, 2.05) is 20.8 Å². The number of hydrogen-bond acceptors (Lipinski definition) is 12. The fourth-order valence-electron chi connectivity index (χ4n) is 5.00. The topological polar surface area (TPSA) is 162 Å². The largest absolute Gasteiger partial charge is 0.528 e. The van der Waals surface area contributed by atoms with E-state index in [0.29, 0.717) is 31.9 Å². The highest BCUT2D eigenvalue weighted by molar-refractivity contribution is 7.92. The number of carbonyl (C=O) groups excluding carboxylic acids is 2. The van der Waals surface area contributed by atoms with Crippen LogP contribution in [0.25, 0.3) is 0 Å². The Morgan fingerprint density at radius 2 is 1.68 bits per heavy atom. The Bertz CT molecular complexity index is 1810. The average molecular weight is 733 g/mol. The zero-order valence-electron chi connectivity index (χ0n) is 29.6. The molecule has 2 aromatic carbocycles. The lowest BCUT2D eigenvalue weighted by molar-refractivity contribution is -0.140. The normalized spacial score (nSPS) is 14.7. The number of sulfonamides is 1. The van der Waals surface area contributed by atoms with Crippen LogP contribution in [0.3, 0.4) is 0 Å². The number of nitrogens with zero attached hydrogens (tertiary/aromatic N) is 4. The van der Waals surface area contributed by atoms with Gasteiger partial charge in [0.05, 0.1) is 35.5 Å². The fourth-order valence-corrected chi connectivity index (χ4v) is 5.71. The molecule has 16 heteroatoms. The first-order chi connectivity index (χ1) is 23.3. The van der Waals surface area contributed by atoms with Gasteiger partial charge in [0.15, 0.2) is 5.75 Å². The Kier molecular flexibility index (Phi) is 12.2. The molecule has 2 heterocycles. The van der Waals surface area contributed by atoms with Crippen LogP contribution in [-0.4, -0.2) is 85.6 Å². The van der Waals surface area contributed by atoms with Crippen molar-refractivity contribution in [2.24, 2.45) is 0 Å². The number of halogens is 1. The summed E-state index contributed by atoms with van der Waals surface area (Å²) in [7, 11) is -2.25. The van der Waals surface area contributed by atoms with Gasteiger partial charge in [0.25, 0.3) is 5.91 Å². The molecular formula is C34H45ClN6O8S. The van der Waals surface area contributed by atoms with E-state index in [-0.39, 0.29) is 44.8 Å². The van der Waals surface area contributed by atoms with Gasteiger partial charge in [-0.15, -0.1) is 5.06 Å². The highest BCUT2D eigenvalue weighted by Crippen LogP contribution is 2.39. The molecule has 1 amide bonds. The number of carbonyl (C=O) groups is 2. The first kappa shape index (κ1) is 38.6. The monoisotopic (exact) mass is 732 g/mol. The van der Waals surface area contributed by atoms with Gasteiger partial charge in [-0.1, -0.05) is 32.4 Å². The van der Waals surface area contributed by atoms with Crippen LogP contribution in [0.5, 0.6) is 17.4 Å². The van der Waals surface area contributed by atoms with Gasteiger partial charge in [0.2, 0.25) is 15.9 Å². The Morgan fingerprint density at radius 3 is 2.34 bits per heavy atom. The van der Waals surface area contributed by atoms with Crippen molar-refractivity contribution in [2.75, 3.05) is 49.6 Å². The maximum atomic E-state index is 13.5. The average Bonchev–Trinajstić information content (AvgIpc) is 3.20. The maximum absolute atomic E-state index is 13.5. The van der Waals surface area contributed by atoms with Crippen molar-refractivity contribution in [2.45, 2.75) is 65.5 Å². The number of hydroxylamine groups is 2. The summed E-state index contributed by atoms with van der Waals surface area (Å²) in [5, 5.41) is 4.71. The molecular weight excluding hydrogens is 688 g/mol. The molecule has 4 rings (SSSR count). The van der Waals surface area contributed by atoms with Crippen molar-refractivity contribution in [3.05, 3.63) is 64.6 Å². The predicted octanol–water partition coefficient (Wildman–Crippen LogP) is 6.23. The molecule has 0 atom stereocenters. The van der Waals surface area contributed by atoms with Crippen LogP contribution in [0, 0.1) is 0 Å². The molecule has 272 valence electrons. The molecule has 1 aromatic heterocycles. The highest BCUT2D eigenvalue weighted by atomic mass is 35.5. The van der Waals surface area contributed by atoms with Crippen molar-refractivity contribution in [3.8, 4) is 17.4 Å². The summed E-state index contributed by atoms with van der Waals surface area (Å²) in [4.78, 5) is 41.8. The quantitative estimate of drug-likeness (QED) is 0.227. The van der Waals surface area contributed by atoms with Gasteiger partial charge in [-0.25, -0.2) is 23.2 Å². The molecule has 1 aliphatic rings. The third-order valence-corrected chi connectivity index (χ3v) is 8.24. The lowest BCUT2D eigenvalue weighted by Gasteiger charge is -2.24. The minimum atomic E-state index is -3.64. The molecule has 2 N–H and O–H groups in total. The van der Waals surface area contributed by atoms with Crippen molar-refractivity contribution >= 4 is 45.1 Å². The molecule has 1 fully saturated rings. The molecule has 50 heavy (non-hydrogen) atoms. The van der Waals surface area contributed by atoms with E-state index in [4.69, 9.17) is 30.6 Å². The molecule has 1 saturated heterocycles. The second-order valence-electron chi connectivity index (χ2n) is 13.9. The molecule has 14 nitrogen and oxygen atoms in total. The Balaban J connectivity index is 1.47. The van der Waals surface area contributed by atoms with E-state index in [1.165, 1.54) is 25.6 Å². The second-order valence-corrected chi connectivity index (χ2v) is 16.0. The molecule has 0 unspecified atom stereocenters. The molecule has 0 bridgehead atoms. The predicted molar refractivity (Wildman–Crippen MR) is 190 cm³/mol. The zero-order chi connectivity index (χ0) is 36.9. The summed E-state index contributed by atoms with van der Waals surface area (Å²) in [6, 6.07) is 9.69. The molecule has 0 saturated carbocycles. The molecule has 0 spiro atoms. The van der Waals surface area contributed by atoms with Gasteiger partial charge < -0.3 is 24.4 Å². The van der Waals surface area contributed by atoms with Crippen LogP contribution >= 0.6 is 11.6 Å². The highest BCUT2D eigenvalue weighted by Gasteiger charge is 2.25. The van der Waals surface area contributed by atoms with Crippen molar-refractivity contribution in [1.82, 2.24) is 19.9 Å². The van der Waals surface area contributed by atoms with Crippen LogP contribution in [0.4, 0.5) is 16.2 Å². The molecule has 0 aliphatic carbocycles.